The number of nitrogens with zero attached hydrogens (tertiary/aromatic N) is 6. The van der Waals surface area contributed by atoms with Gasteiger partial charge in [-0.25, -0.2) is 9.67 Å². The van der Waals surface area contributed by atoms with E-state index in [1.807, 2.05) is 0 Å². The fraction of sp³-hybridized carbons (Fsp3) is 0.667. The van der Waals surface area contributed by atoms with Gasteiger partial charge in [-0.3, -0.25) is 5.10 Å². The topological polar surface area (TPSA) is 102 Å². The Balaban J connectivity index is 1.60. The number of hydrogen-bond acceptors (Lipinski definition) is 6. The number of piperidine rings is 1. The molecule has 0 bridgehead atoms. The van der Waals surface area contributed by atoms with Gasteiger partial charge in [0.15, 0.2) is 0 Å². The first-order valence-corrected chi connectivity index (χ1v) is 6.96. The molecule has 3 rings (SSSR count). The first kappa shape index (κ1) is 13.0. The first-order chi connectivity index (χ1) is 9.72. The molecule has 3 heterocycles. The Morgan fingerprint density at radius 3 is 2.90 bits per heavy atom. The van der Waals surface area contributed by atoms with Crippen molar-refractivity contribution in [3.8, 4) is 0 Å². The van der Waals surface area contributed by atoms with E-state index in [1.54, 1.807) is 11.0 Å². The van der Waals surface area contributed by atoms with Crippen LogP contribution in [0.1, 0.15) is 25.6 Å². The molecule has 108 valence electrons. The molecule has 0 radical (unpaired) electrons. The summed E-state index contributed by atoms with van der Waals surface area (Å²) in [7, 11) is 0. The third kappa shape index (κ3) is 2.79. The van der Waals surface area contributed by atoms with Gasteiger partial charge in [-0.2, -0.15) is 10.1 Å². The van der Waals surface area contributed by atoms with E-state index in [9.17, 15) is 0 Å². The molecule has 1 saturated heterocycles. The summed E-state index contributed by atoms with van der Waals surface area (Å²) in [6, 6.07) is 0.271. The Morgan fingerprint density at radius 1 is 1.45 bits per heavy atom. The van der Waals surface area contributed by atoms with Crippen LogP contribution in [0.2, 0.25) is 0 Å². The van der Waals surface area contributed by atoms with Gasteiger partial charge < -0.3 is 10.6 Å². The van der Waals surface area contributed by atoms with Crippen molar-refractivity contribution in [1.82, 2.24) is 29.9 Å². The Hall–Kier alpha value is -1.96. The smallest absolute Gasteiger partial charge is 0.244 e. The molecule has 3 N–H and O–H groups in total. The molecule has 1 fully saturated rings. The van der Waals surface area contributed by atoms with Crippen LogP contribution in [0.3, 0.4) is 0 Å². The van der Waals surface area contributed by atoms with Gasteiger partial charge in [0, 0.05) is 19.1 Å². The van der Waals surface area contributed by atoms with Gasteiger partial charge >= 0.3 is 0 Å². The van der Waals surface area contributed by atoms with Crippen molar-refractivity contribution in [1.29, 1.82) is 0 Å². The SMILES string of the molecule is CC(N)C1CCN(c2n[nH]c(Cn3cncn3)n2)CC1. The summed E-state index contributed by atoms with van der Waals surface area (Å²) in [6.45, 7) is 4.58. The van der Waals surface area contributed by atoms with Gasteiger partial charge in [-0.1, -0.05) is 0 Å². The summed E-state index contributed by atoms with van der Waals surface area (Å²) in [5.74, 6) is 2.17. The standard InChI is InChI=1S/C12H20N8/c1-9(13)10-2-4-19(5-3-10)12-16-11(17-18-12)6-20-8-14-7-15-20/h7-10H,2-6,13H2,1H3,(H,16,17,18). The highest BCUT2D eigenvalue weighted by Crippen LogP contribution is 2.22. The van der Waals surface area contributed by atoms with Gasteiger partial charge in [-0.15, -0.1) is 5.10 Å². The molecule has 0 aliphatic carbocycles. The molecule has 1 unspecified atom stereocenters. The molecule has 1 atom stereocenters. The Morgan fingerprint density at radius 2 is 2.25 bits per heavy atom. The summed E-state index contributed by atoms with van der Waals surface area (Å²) in [6.07, 6.45) is 5.38. The van der Waals surface area contributed by atoms with Gasteiger partial charge in [0.05, 0.1) is 0 Å². The second kappa shape index (κ2) is 5.58. The summed E-state index contributed by atoms with van der Waals surface area (Å²) in [5.41, 5.74) is 5.96. The van der Waals surface area contributed by atoms with E-state index in [0.29, 0.717) is 12.5 Å². The normalized spacial score (nSPS) is 18.4. The van der Waals surface area contributed by atoms with Gasteiger partial charge in [0.2, 0.25) is 5.95 Å². The van der Waals surface area contributed by atoms with E-state index in [1.165, 1.54) is 6.33 Å². The fourth-order valence-electron chi connectivity index (χ4n) is 2.59. The number of nitrogens with one attached hydrogen (secondary N) is 1. The quantitative estimate of drug-likeness (QED) is 0.815. The minimum atomic E-state index is 0.271. The van der Waals surface area contributed by atoms with Crippen LogP contribution in [0.15, 0.2) is 12.7 Å². The van der Waals surface area contributed by atoms with Crippen molar-refractivity contribution in [2.75, 3.05) is 18.0 Å². The van der Waals surface area contributed by atoms with Crippen LogP contribution in [-0.2, 0) is 6.54 Å². The van der Waals surface area contributed by atoms with Crippen molar-refractivity contribution >= 4 is 5.95 Å². The number of aromatic nitrogens is 6. The number of H-pyrrole nitrogens is 1. The largest absolute Gasteiger partial charge is 0.340 e. The fourth-order valence-corrected chi connectivity index (χ4v) is 2.59. The minimum absolute atomic E-state index is 0.271. The summed E-state index contributed by atoms with van der Waals surface area (Å²) >= 11 is 0. The molecule has 0 amide bonds. The number of nitrogens with two attached hydrogens (primary N) is 1. The molecule has 8 heteroatoms. The van der Waals surface area contributed by atoms with E-state index in [4.69, 9.17) is 5.73 Å². The highest BCUT2D eigenvalue weighted by molar-refractivity contribution is 5.29. The maximum absolute atomic E-state index is 5.96. The Kier molecular flexibility index (Phi) is 3.64. The average molecular weight is 276 g/mol. The number of rotatable bonds is 4. The zero-order valence-corrected chi connectivity index (χ0v) is 11.6. The molecular formula is C12H20N8. The van der Waals surface area contributed by atoms with Crippen molar-refractivity contribution in [3.05, 3.63) is 18.5 Å². The lowest BCUT2D eigenvalue weighted by molar-refractivity contribution is 0.352. The molecule has 2 aromatic rings. The number of aromatic amines is 1. The lowest BCUT2D eigenvalue weighted by Gasteiger charge is -2.32. The monoisotopic (exact) mass is 276 g/mol. The van der Waals surface area contributed by atoms with E-state index in [2.05, 4.69) is 37.1 Å². The number of anilines is 1. The molecule has 1 aliphatic rings. The molecular weight excluding hydrogens is 256 g/mol. The van der Waals surface area contributed by atoms with Crippen molar-refractivity contribution in [2.45, 2.75) is 32.4 Å². The predicted octanol–water partition coefficient (Wildman–Crippen LogP) is 0.00810. The highest BCUT2D eigenvalue weighted by Gasteiger charge is 2.23. The molecule has 20 heavy (non-hydrogen) atoms. The summed E-state index contributed by atoms with van der Waals surface area (Å²) < 4.78 is 1.71. The van der Waals surface area contributed by atoms with Crippen LogP contribution in [0.25, 0.3) is 0 Å². The lowest BCUT2D eigenvalue weighted by atomic mass is 9.91. The van der Waals surface area contributed by atoms with Crippen molar-refractivity contribution in [3.63, 3.8) is 0 Å². The zero-order valence-electron chi connectivity index (χ0n) is 11.6. The minimum Gasteiger partial charge on any atom is -0.340 e. The molecule has 0 spiro atoms. The maximum Gasteiger partial charge on any atom is 0.244 e. The summed E-state index contributed by atoms with van der Waals surface area (Å²) in [4.78, 5) is 10.6. The summed E-state index contributed by atoms with van der Waals surface area (Å²) in [5, 5.41) is 11.3. The predicted molar refractivity (Wildman–Crippen MR) is 74.1 cm³/mol. The van der Waals surface area contributed by atoms with Crippen LogP contribution in [0.4, 0.5) is 5.95 Å². The maximum atomic E-state index is 5.96. The van der Waals surface area contributed by atoms with E-state index in [-0.39, 0.29) is 6.04 Å². The van der Waals surface area contributed by atoms with Crippen LogP contribution < -0.4 is 10.6 Å². The molecule has 0 aromatic carbocycles. The lowest BCUT2D eigenvalue weighted by Crippen LogP contribution is -2.40. The molecule has 8 nitrogen and oxygen atoms in total. The van der Waals surface area contributed by atoms with Crippen molar-refractivity contribution < 1.29 is 0 Å². The highest BCUT2D eigenvalue weighted by atomic mass is 15.4. The van der Waals surface area contributed by atoms with Crippen LogP contribution in [-0.4, -0.2) is 49.1 Å². The zero-order chi connectivity index (χ0) is 13.9. The second-order valence-corrected chi connectivity index (χ2v) is 5.36. The Bertz CT molecular complexity index is 523. The average Bonchev–Trinajstić information content (AvgIpc) is 3.11. The van der Waals surface area contributed by atoms with Gasteiger partial charge in [-0.05, 0) is 25.7 Å². The van der Waals surface area contributed by atoms with Gasteiger partial charge in [0.25, 0.3) is 0 Å². The third-order valence-corrected chi connectivity index (χ3v) is 3.86. The van der Waals surface area contributed by atoms with E-state index < -0.39 is 0 Å². The van der Waals surface area contributed by atoms with E-state index in [0.717, 1.165) is 37.7 Å². The van der Waals surface area contributed by atoms with Crippen molar-refractivity contribution in [2.24, 2.45) is 11.7 Å². The molecule has 2 aromatic heterocycles. The second-order valence-electron chi connectivity index (χ2n) is 5.36. The van der Waals surface area contributed by atoms with Crippen LogP contribution in [0.5, 0.6) is 0 Å². The Labute approximate surface area is 117 Å². The van der Waals surface area contributed by atoms with E-state index >= 15 is 0 Å². The van der Waals surface area contributed by atoms with Crippen LogP contribution in [0, 0.1) is 5.92 Å². The van der Waals surface area contributed by atoms with Gasteiger partial charge in [0.1, 0.15) is 25.0 Å². The third-order valence-electron chi connectivity index (χ3n) is 3.86. The molecule has 0 saturated carbocycles. The number of hydrogen-bond donors (Lipinski definition) is 2. The molecule has 1 aliphatic heterocycles. The first-order valence-electron chi connectivity index (χ1n) is 6.96. The van der Waals surface area contributed by atoms with Crippen LogP contribution >= 0.6 is 0 Å².